The van der Waals surface area contributed by atoms with Crippen molar-refractivity contribution in [3.63, 3.8) is 0 Å². The molecule has 2 heterocycles. The summed E-state index contributed by atoms with van der Waals surface area (Å²) in [6.45, 7) is 3.94. The highest BCUT2D eigenvalue weighted by molar-refractivity contribution is 5.85. The molecule has 0 radical (unpaired) electrons. The first kappa shape index (κ1) is 21.1. The van der Waals surface area contributed by atoms with E-state index in [1.165, 1.54) is 30.5 Å². The summed E-state index contributed by atoms with van der Waals surface area (Å²) in [5.74, 6) is 0.232. The molecule has 1 atom stereocenters. The van der Waals surface area contributed by atoms with Crippen LogP contribution in [0.1, 0.15) is 37.7 Å². The molecule has 2 fully saturated rings. The van der Waals surface area contributed by atoms with Gasteiger partial charge in [-0.2, -0.15) is 0 Å². The van der Waals surface area contributed by atoms with E-state index in [9.17, 15) is 4.79 Å². The largest absolute Gasteiger partial charge is 0.371 e. The van der Waals surface area contributed by atoms with Crippen LogP contribution in [-0.4, -0.2) is 43.5 Å². The zero-order valence-corrected chi connectivity index (χ0v) is 16.0. The van der Waals surface area contributed by atoms with Crippen LogP contribution in [-0.2, 0) is 11.3 Å². The topological polar surface area (TPSA) is 35.6 Å². The second-order valence-corrected chi connectivity index (χ2v) is 6.52. The van der Waals surface area contributed by atoms with Crippen LogP contribution < -0.4 is 10.2 Å². The van der Waals surface area contributed by atoms with Gasteiger partial charge in [-0.15, -0.1) is 24.8 Å². The van der Waals surface area contributed by atoms with Crippen molar-refractivity contribution in [1.29, 1.82) is 0 Å². The summed E-state index contributed by atoms with van der Waals surface area (Å²) in [6, 6.07) is 8.54. The SMILES string of the molecule is CN(Cc1ccccc1N1CCCC1)C(=O)C1CCCCN1.Cl.Cl. The zero-order chi connectivity index (χ0) is 15.4. The van der Waals surface area contributed by atoms with Gasteiger partial charge < -0.3 is 15.1 Å². The van der Waals surface area contributed by atoms with E-state index in [0.717, 1.165) is 32.5 Å². The molecule has 1 unspecified atom stereocenters. The minimum atomic E-state index is 0. The van der Waals surface area contributed by atoms with Gasteiger partial charge in [0.25, 0.3) is 0 Å². The van der Waals surface area contributed by atoms with Crippen LogP contribution in [0.2, 0.25) is 0 Å². The third-order valence-electron chi connectivity index (χ3n) is 4.83. The summed E-state index contributed by atoms with van der Waals surface area (Å²) in [5, 5.41) is 3.35. The van der Waals surface area contributed by atoms with Crippen molar-refractivity contribution in [2.75, 3.05) is 31.6 Å². The average molecular weight is 374 g/mol. The molecule has 1 N–H and O–H groups in total. The minimum Gasteiger partial charge on any atom is -0.371 e. The Bertz CT molecular complexity index is 515. The van der Waals surface area contributed by atoms with Crippen LogP contribution in [0.15, 0.2) is 24.3 Å². The summed E-state index contributed by atoms with van der Waals surface area (Å²) in [6.07, 6.45) is 5.86. The highest BCUT2D eigenvalue weighted by atomic mass is 35.5. The standard InChI is InChI=1S/C18H27N3O.2ClH/c1-20(18(22)16-9-4-5-11-19-16)14-15-8-2-3-10-17(15)21-12-6-7-13-21;;/h2-3,8,10,16,19H,4-7,9,11-14H2,1H3;2*1H. The van der Waals surface area contributed by atoms with Crippen LogP contribution in [0.4, 0.5) is 5.69 Å². The van der Waals surface area contributed by atoms with Gasteiger partial charge in [0.1, 0.15) is 0 Å². The van der Waals surface area contributed by atoms with Crippen LogP contribution >= 0.6 is 24.8 Å². The van der Waals surface area contributed by atoms with Gasteiger partial charge in [0.15, 0.2) is 0 Å². The van der Waals surface area contributed by atoms with Gasteiger partial charge in [-0.3, -0.25) is 4.79 Å². The van der Waals surface area contributed by atoms with Crippen LogP contribution in [0.3, 0.4) is 0 Å². The molecule has 0 spiro atoms. The van der Waals surface area contributed by atoms with Gasteiger partial charge >= 0.3 is 0 Å². The van der Waals surface area contributed by atoms with Crippen molar-refractivity contribution in [2.24, 2.45) is 0 Å². The first-order valence-electron chi connectivity index (χ1n) is 8.57. The normalized spacial score (nSPS) is 20.0. The highest BCUT2D eigenvalue weighted by Gasteiger charge is 2.24. The summed E-state index contributed by atoms with van der Waals surface area (Å²) >= 11 is 0. The van der Waals surface area contributed by atoms with Gasteiger partial charge in [-0.05, 0) is 43.9 Å². The van der Waals surface area contributed by atoms with E-state index in [0.29, 0.717) is 6.54 Å². The highest BCUT2D eigenvalue weighted by Crippen LogP contribution is 2.25. The lowest BCUT2D eigenvalue weighted by molar-refractivity contribution is -0.133. The number of benzene rings is 1. The molecule has 2 saturated heterocycles. The number of amides is 1. The lowest BCUT2D eigenvalue weighted by Gasteiger charge is -2.29. The zero-order valence-electron chi connectivity index (χ0n) is 14.4. The minimum absolute atomic E-state index is 0. The number of hydrogen-bond acceptors (Lipinski definition) is 3. The molecule has 24 heavy (non-hydrogen) atoms. The predicted molar refractivity (Wildman–Crippen MR) is 105 cm³/mol. The van der Waals surface area contributed by atoms with E-state index in [4.69, 9.17) is 0 Å². The Morgan fingerprint density at radius 3 is 2.54 bits per heavy atom. The van der Waals surface area contributed by atoms with Crippen molar-refractivity contribution >= 4 is 36.4 Å². The van der Waals surface area contributed by atoms with Gasteiger partial charge in [0.2, 0.25) is 5.91 Å². The molecule has 0 saturated carbocycles. The molecule has 0 aliphatic carbocycles. The molecular weight excluding hydrogens is 345 g/mol. The number of rotatable bonds is 4. The van der Waals surface area contributed by atoms with Gasteiger partial charge in [-0.25, -0.2) is 0 Å². The lowest BCUT2D eigenvalue weighted by atomic mass is 10.0. The molecule has 0 aromatic heterocycles. The van der Waals surface area contributed by atoms with Gasteiger partial charge in [0.05, 0.1) is 6.04 Å². The maximum Gasteiger partial charge on any atom is 0.239 e. The molecule has 4 nitrogen and oxygen atoms in total. The number of carbonyl (C=O) groups excluding carboxylic acids is 1. The van der Waals surface area contributed by atoms with E-state index < -0.39 is 0 Å². The Morgan fingerprint density at radius 1 is 1.17 bits per heavy atom. The molecule has 0 bridgehead atoms. The number of piperidine rings is 1. The van der Waals surface area contributed by atoms with Crippen LogP contribution in [0, 0.1) is 0 Å². The number of likely N-dealkylation sites (N-methyl/N-ethyl adjacent to an activating group) is 1. The Hall–Kier alpha value is -0.970. The molecule has 2 aliphatic heterocycles. The summed E-state index contributed by atoms with van der Waals surface area (Å²) < 4.78 is 0. The molecule has 1 aromatic carbocycles. The average Bonchev–Trinajstić information content (AvgIpc) is 3.10. The maximum atomic E-state index is 12.6. The Balaban J connectivity index is 0.00000144. The fourth-order valence-electron chi connectivity index (χ4n) is 3.57. The summed E-state index contributed by atoms with van der Waals surface area (Å²) in [5.41, 5.74) is 2.56. The predicted octanol–water partition coefficient (Wildman–Crippen LogP) is 3.23. The fraction of sp³-hybridized carbons (Fsp3) is 0.611. The summed E-state index contributed by atoms with van der Waals surface area (Å²) in [4.78, 5) is 16.9. The van der Waals surface area contributed by atoms with E-state index >= 15 is 0 Å². The number of carbonyl (C=O) groups is 1. The monoisotopic (exact) mass is 373 g/mol. The number of nitrogens with zero attached hydrogens (tertiary/aromatic N) is 2. The molecule has 2 aliphatic rings. The number of hydrogen-bond donors (Lipinski definition) is 1. The quantitative estimate of drug-likeness (QED) is 0.879. The summed E-state index contributed by atoms with van der Waals surface area (Å²) in [7, 11) is 1.93. The van der Waals surface area contributed by atoms with Crippen molar-refractivity contribution < 1.29 is 4.79 Å². The lowest BCUT2D eigenvalue weighted by Crippen LogP contribution is -2.47. The van der Waals surface area contributed by atoms with Crippen molar-refractivity contribution in [1.82, 2.24) is 10.2 Å². The Morgan fingerprint density at radius 2 is 1.88 bits per heavy atom. The van der Waals surface area contributed by atoms with E-state index in [1.54, 1.807) is 0 Å². The number of anilines is 1. The molecule has 3 rings (SSSR count). The second kappa shape index (κ2) is 10.1. The van der Waals surface area contributed by atoms with Crippen molar-refractivity contribution in [3.8, 4) is 0 Å². The molecule has 1 aromatic rings. The van der Waals surface area contributed by atoms with E-state index in [2.05, 4.69) is 34.5 Å². The maximum absolute atomic E-state index is 12.6. The first-order chi connectivity index (χ1) is 10.8. The molecule has 136 valence electrons. The van der Waals surface area contributed by atoms with Crippen LogP contribution in [0.5, 0.6) is 0 Å². The third-order valence-corrected chi connectivity index (χ3v) is 4.83. The number of halogens is 2. The second-order valence-electron chi connectivity index (χ2n) is 6.52. The van der Waals surface area contributed by atoms with Crippen molar-refractivity contribution in [3.05, 3.63) is 29.8 Å². The third kappa shape index (κ3) is 5.01. The van der Waals surface area contributed by atoms with E-state index in [-0.39, 0.29) is 36.8 Å². The molecule has 6 heteroatoms. The number of para-hydroxylation sites is 1. The van der Waals surface area contributed by atoms with Gasteiger partial charge in [0, 0.05) is 32.4 Å². The molecule has 1 amide bonds. The van der Waals surface area contributed by atoms with Crippen LogP contribution in [0.25, 0.3) is 0 Å². The van der Waals surface area contributed by atoms with Gasteiger partial charge in [-0.1, -0.05) is 24.6 Å². The number of nitrogens with one attached hydrogen (secondary N) is 1. The first-order valence-corrected chi connectivity index (χ1v) is 8.57. The molecular formula is C18H29Cl2N3O. The van der Waals surface area contributed by atoms with Crippen molar-refractivity contribution in [2.45, 2.75) is 44.7 Å². The smallest absolute Gasteiger partial charge is 0.239 e. The Labute approximate surface area is 157 Å². The fourth-order valence-corrected chi connectivity index (χ4v) is 3.57. The van der Waals surface area contributed by atoms with E-state index in [1.807, 2.05) is 11.9 Å². The Kier molecular flexibility index (Phi) is 8.88.